The Bertz CT molecular complexity index is 5380. The van der Waals surface area contributed by atoms with Gasteiger partial charge in [-0.15, -0.1) is 15.3 Å². The molecule has 0 spiro atoms. The number of hydrogen-bond acceptors (Lipinski definition) is 13. The number of amides is 3. The molecule has 0 saturated carbocycles. The van der Waals surface area contributed by atoms with Crippen LogP contribution in [0.25, 0.3) is 33.1 Å². The van der Waals surface area contributed by atoms with Gasteiger partial charge in [-0.25, -0.2) is 14.0 Å². The van der Waals surface area contributed by atoms with Crippen LogP contribution in [0.4, 0.5) is 3.89 Å². The van der Waals surface area contributed by atoms with E-state index in [-0.39, 0.29) is 66.9 Å². The third kappa shape index (κ3) is 17.7. The predicted molar refractivity (Wildman–Crippen MR) is 472 cm³/mol. The van der Waals surface area contributed by atoms with E-state index in [0.717, 1.165) is 222 Å². The van der Waals surface area contributed by atoms with Crippen LogP contribution in [0.3, 0.4) is 0 Å². The predicted octanol–water partition coefficient (Wildman–Crippen LogP) is 18.6. The maximum Gasteiger partial charge on any atom is 0.304 e. The number of aryl methyl sites for hydroxylation is 12. The van der Waals surface area contributed by atoms with Crippen LogP contribution in [0, 0.1) is 104 Å². The SMILES string of the molecule is CCn1nnc2c(C)c(C(CC(=O)O)c3ccc4c(c3)CN(C(=O)c3c(C)c(C)cc(C)c3C)CC4)ccc21.CCn1nnc2c(C)c([C@@H](CC(=O)O)c3ccc4c(c3)CN(C(=O)c3c(C)c(C)cc(C)c3C)CC4)ccc21.CCn1nnc2c(C)c([C@H](CC(=O)O)c3ccc4c(c3)CN(C(=O)c3c(C)c(C)cc(C)c3C)CC4)ccc21.CSF. The largest absolute Gasteiger partial charge is 0.481 e. The summed E-state index contributed by atoms with van der Waals surface area (Å²) in [4.78, 5) is 83.1. The topological polar surface area (TPSA) is 265 Å². The van der Waals surface area contributed by atoms with E-state index in [0.29, 0.717) is 39.3 Å². The number of aromatic nitrogens is 9. The molecular weight excluding hydrogens is 1530 g/mol. The number of hydrogen-bond donors (Lipinski definition) is 3. The van der Waals surface area contributed by atoms with E-state index in [9.17, 15) is 48.0 Å². The van der Waals surface area contributed by atoms with Crippen molar-refractivity contribution in [3.63, 3.8) is 0 Å². The summed E-state index contributed by atoms with van der Waals surface area (Å²) in [5.74, 6) is -3.37. The number of carbonyl (C=O) groups is 6. The molecule has 3 atom stereocenters. The Morgan fingerprint density at radius 1 is 0.350 bits per heavy atom. The maximum atomic E-state index is 13.8. The Hall–Kier alpha value is -11.7. The van der Waals surface area contributed by atoms with E-state index < -0.39 is 17.9 Å². The van der Waals surface area contributed by atoms with Gasteiger partial charge in [-0.05, 0) is 312 Å². The van der Waals surface area contributed by atoms with Crippen LogP contribution < -0.4 is 0 Å². The molecule has 0 aliphatic carbocycles. The molecule has 9 aromatic carbocycles. The molecule has 3 aromatic heterocycles. The molecule has 12 aromatic rings. The maximum absolute atomic E-state index is 13.8. The average Bonchev–Trinajstić information content (AvgIpc) is 1.54. The molecule has 3 amide bonds. The molecule has 0 saturated heterocycles. The molecule has 21 nitrogen and oxygen atoms in total. The van der Waals surface area contributed by atoms with Crippen molar-refractivity contribution < 1.29 is 48.0 Å². The lowest BCUT2D eigenvalue weighted by Gasteiger charge is -2.31. The summed E-state index contributed by atoms with van der Waals surface area (Å²) in [5, 5.41) is 55.4. The highest BCUT2D eigenvalue weighted by Crippen LogP contribution is 2.41. The molecule has 15 rings (SSSR count). The normalized spacial score (nSPS) is 13.8. The van der Waals surface area contributed by atoms with Gasteiger partial charge in [-0.3, -0.25) is 28.8 Å². The monoisotopic (exact) mass is 1640 g/mol. The van der Waals surface area contributed by atoms with Crippen molar-refractivity contribution in [1.82, 2.24) is 59.7 Å². The number of aliphatic carboxylic acids is 3. The number of carboxylic acids is 3. The molecular formula is C97H111FN12O9S. The zero-order chi connectivity index (χ0) is 86.7. The van der Waals surface area contributed by atoms with Crippen molar-refractivity contribution in [3.05, 3.63) is 276 Å². The van der Waals surface area contributed by atoms with Crippen molar-refractivity contribution in [1.29, 1.82) is 0 Å². The second-order valence-electron chi connectivity index (χ2n) is 32.7. The number of rotatable bonds is 18. The fourth-order valence-electron chi connectivity index (χ4n) is 18.1. The number of carbonyl (C=O) groups excluding carboxylic acids is 3. The lowest BCUT2D eigenvalue weighted by atomic mass is 9.83. The van der Waals surface area contributed by atoms with Crippen molar-refractivity contribution in [2.24, 2.45) is 0 Å². The smallest absolute Gasteiger partial charge is 0.304 e. The van der Waals surface area contributed by atoms with Gasteiger partial charge in [0.05, 0.1) is 35.8 Å². The third-order valence-electron chi connectivity index (χ3n) is 25.6. The molecule has 120 heavy (non-hydrogen) atoms. The Balaban J connectivity index is 0.000000162. The zero-order valence-corrected chi connectivity index (χ0v) is 73.5. The van der Waals surface area contributed by atoms with Crippen LogP contribution in [-0.2, 0) is 72.9 Å². The van der Waals surface area contributed by atoms with Gasteiger partial charge in [0.1, 0.15) is 16.6 Å². The second kappa shape index (κ2) is 36.9. The van der Waals surface area contributed by atoms with Gasteiger partial charge in [0.25, 0.3) is 17.7 Å². The van der Waals surface area contributed by atoms with Crippen molar-refractivity contribution in [3.8, 4) is 0 Å². The molecule has 0 fully saturated rings. The minimum absolute atomic E-state index is 0.0311. The van der Waals surface area contributed by atoms with Gasteiger partial charge < -0.3 is 30.0 Å². The minimum Gasteiger partial charge on any atom is -0.481 e. The Morgan fingerprint density at radius 3 is 0.800 bits per heavy atom. The summed E-state index contributed by atoms with van der Waals surface area (Å²) in [6.45, 7) is 42.2. The summed E-state index contributed by atoms with van der Waals surface area (Å²) in [7, 11) is 0. The molecule has 3 aliphatic rings. The number of halogens is 1. The van der Waals surface area contributed by atoms with E-state index in [1.165, 1.54) is 22.9 Å². The van der Waals surface area contributed by atoms with Gasteiger partial charge in [0.2, 0.25) is 0 Å². The highest BCUT2D eigenvalue weighted by atomic mass is 32.2. The molecule has 6 heterocycles. The molecule has 23 heteroatoms. The van der Waals surface area contributed by atoms with E-state index >= 15 is 0 Å². The van der Waals surface area contributed by atoms with Crippen molar-refractivity contribution in [2.75, 3.05) is 25.9 Å². The quantitative estimate of drug-likeness (QED) is 0.0721. The summed E-state index contributed by atoms with van der Waals surface area (Å²) in [6, 6.07) is 37.2. The van der Waals surface area contributed by atoms with Crippen LogP contribution in [0.5, 0.6) is 0 Å². The van der Waals surface area contributed by atoms with Crippen LogP contribution in [0.1, 0.15) is 239 Å². The Labute approximate surface area is 706 Å². The first kappa shape index (κ1) is 87.6. The molecule has 626 valence electrons. The van der Waals surface area contributed by atoms with E-state index in [2.05, 4.69) is 145 Å². The summed E-state index contributed by atoms with van der Waals surface area (Å²) in [5.41, 5.74) is 36.1. The van der Waals surface area contributed by atoms with Crippen LogP contribution in [-0.4, -0.2) is 137 Å². The molecule has 0 bridgehead atoms. The molecule has 1 unspecified atom stereocenters. The van der Waals surface area contributed by atoms with E-state index in [1.807, 2.05) is 148 Å². The lowest BCUT2D eigenvalue weighted by Crippen LogP contribution is -2.37. The van der Waals surface area contributed by atoms with E-state index in [1.54, 1.807) is 0 Å². The minimum atomic E-state index is -0.855. The first-order chi connectivity index (χ1) is 57.2. The van der Waals surface area contributed by atoms with Gasteiger partial charge in [0.15, 0.2) is 0 Å². The van der Waals surface area contributed by atoms with Gasteiger partial charge in [0, 0.05) is 112 Å². The number of benzene rings is 9. The van der Waals surface area contributed by atoms with Crippen LogP contribution in [0.15, 0.2) is 109 Å². The Morgan fingerprint density at radius 2 is 0.583 bits per heavy atom. The summed E-state index contributed by atoms with van der Waals surface area (Å²) < 4.78 is 15.8. The number of fused-ring (bicyclic) bond motifs is 6. The van der Waals surface area contributed by atoms with Crippen molar-refractivity contribution in [2.45, 2.75) is 220 Å². The highest BCUT2D eigenvalue weighted by molar-refractivity contribution is 7.93. The van der Waals surface area contributed by atoms with Crippen molar-refractivity contribution >= 4 is 80.9 Å². The molecule has 0 radical (unpaired) electrons. The average molecular weight is 1640 g/mol. The Kier molecular flexibility index (Phi) is 26.9. The number of carboxylic acid groups (broad SMARTS) is 3. The molecule has 3 aliphatic heterocycles. The fraction of sp³-hybridized carbons (Fsp3) is 0.381. The first-order valence-electron chi connectivity index (χ1n) is 41.5. The van der Waals surface area contributed by atoms with E-state index in [4.69, 9.17) is 0 Å². The van der Waals surface area contributed by atoms with Gasteiger partial charge in [-0.1, -0.05) is 107 Å². The van der Waals surface area contributed by atoms with Gasteiger partial charge in [-0.2, -0.15) is 3.89 Å². The standard InChI is InChI=1S/3C32H36N4O3.CH3FS/c3*1-7-36-28-11-10-26(22(6)31(28)33-34-36)27(16-29(37)38)24-9-8-23-12-13-35(17-25(23)15-24)32(39)30-20(4)18(2)14-19(3)21(30)5;1-3-2/h3*8-11,14-15,27H,7,12-13,16-17H2,1-6H3,(H,37,38);1H3/t2*27-;;/m10../s1. The van der Waals surface area contributed by atoms with Gasteiger partial charge >= 0.3 is 17.9 Å². The zero-order valence-electron chi connectivity index (χ0n) is 72.7. The molecule has 3 N–H and O–H groups in total. The lowest BCUT2D eigenvalue weighted by molar-refractivity contribution is -0.138. The fourth-order valence-corrected chi connectivity index (χ4v) is 18.1. The number of nitrogens with zero attached hydrogens (tertiary/aromatic N) is 12. The van der Waals surface area contributed by atoms with Crippen LogP contribution >= 0.6 is 12.1 Å². The van der Waals surface area contributed by atoms with Crippen LogP contribution in [0.2, 0.25) is 0 Å². The second-order valence-corrected chi connectivity index (χ2v) is 33.0. The first-order valence-corrected chi connectivity index (χ1v) is 42.6. The third-order valence-corrected chi connectivity index (χ3v) is 25.6. The summed E-state index contributed by atoms with van der Waals surface area (Å²) >= 11 is 0.250. The summed E-state index contributed by atoms with van der Waals surface area (Å²) in [6.07, 6.45) is 3.61. The highest BCUT2D eigenvalue weighted by Gasteiger charge is 2.34.